The van der Waals surface area contributed by atoms with Crippen LogP contribution >= 0.6 is 11.3 Å². The number of aromatic nitrogens is 2. The Balaban J connectivity index is 2.10. The molecule has 0 unspecified atom stereocenters. The molecule has 8 heteroatoms. The fourth-order valence-corrected chi connectivity index (χ4v) is 2.92. The van der Waals surface area contributed by atoms with Gasteiger partial charge in [0.25, 0.3) is 0 Å². The van der Waals surface area contributed by atoms with Gasteiger partial charge in [0.05, 0.1) is 11.4 Å². The molecule has 0 aliphatic rings. The molecule has 0 bridgehead atoms. The van der Waals surface area contributed by atoms with Gasteiger partial charge in [0, 0.05) is 0 Å². The molecule has 18 heavy (non-hydrogen) atoms. The lowest BCUT2D eigenvalue weighted by Gasteiger charge is -2.04. The molecule has 0 aliphatic heterocycles. The van der Waals surface area contributed by atoms with Gasteiger partial charge >= 0.3 is 0 Å². The molecule has 1 aromatic heterocycles. The molecular weight excluding hydrogens is 272 g/mol. The van der Waals surface area contributed by atoms with Crippen LogP contribution in [0.25, 0.3) is 0 Å². The van der Waals surface area contributed by atoms with Crippen molar-refractivity contribution in [1.29, 1.82) is 0 Å². The van der Waals surface area contributed by atoms with E-state index in [0.29, 0.717) is 10.1 Å². The lowest BCUT2D eigenvalue weighted by Crippen LogP contribution is -2.23. The fourth-order valence-electron chi connectivity index (χ4n) is 1.30. The third-order valence-electron chi connectivity index (χ3n) is 2.23. The molecule has 0 radical (unpaired) electrons. The summed E-state index contributed by atoms with van der Waals surface area (Å²) in [5.41, 5.74) is 6.42. The highest BCUT2D eigenvalue weighted by Crippen LogP contribution is 2.13. The minimum absolute atomic E-state index is 0.0884. The van der Waals surface area contributed by atoms with Gasteiger partial charge in [-0.3, -0.25) is 0 Å². The Bertz CT molecular complexity index is 634. The number of hydrogen-bond acceptors (Lipinski definition) is 6. The average molecular weight is 284 g/mol. The Labute approximate surface area is 109 Å². The van der Waals surface area contributed by atoms with E-state index in [4.69, 9.17) is 5.73 Å². The minimum Gasteiger partial charge on any atom is -0.374 e. The lowest BCUT2D eigenvalue weighted by molar-refractivity contribution is 0.581. The molecule has 0 saturated heterocycles. The molecule has 3 N–H and O–H groups in total. The predicted octanol–water partition coefficient (Wildman–Crippen LogP) is 0.907. The van der Waals surface area contributed by atoms with Crippen molar-refractivity contribution >= 4 is 26.5 Å². The highest BCUT2D eigenvalue weighted by molar-refractivity contribution is 7.89. The smallest absolute Gasteiger partial charge is 0.240 e. The average Bonchev–Trinajstić information content (AvgIpc) is 2.73. The fraction of sp³-hybridized carbons (Fsp3) is 0.200. The first-order valence-corrected chi connectivity index (χ1v) is 7.41. The molecule has 0 aliphatic carbocycles. The molecule has 96 valence electrons. The number of nitrogens with one attached hydrogen (secondary N) is 1. The summed E-state index contributed by atoms with van der Waals surface area (Å²) in [5, 5.41) is 8.21. The van der Waals surface area contributed by atoms with E-state index in [2.05, 4.69) is 14.9 Å². The monoisotopic (exact) mass is 284 g/mol. The summed E-state index contributed by atoms with van der Waals surface area (Å²) in [6, 6.07) is 6.62. The topological polar surface area (TPSA) is 98.0 Å². The van der Waals surface area contributed by atoms with Crippen LogP contribution in [0, 0.1) is 6.92 Å². The van der Waals surface area contributed by atoms with Gasteiger partial charge in [-0.15, -0.1) is 10.2 Å². The van der Waals surface area contributed by atoms with Crippen LogP contribution in [0.3, 0.4) is 0 Å². The van der Waals surface area contributed by atoms with Crippen LogP contribution in [0.1, 0.15) is 10.6 Å². The number of anilines is 1. The van der Waals surface area contributed by atoms with Crippen LogP contribution in [0.15, 0.2) is 29.2 Å². The second-order valence-corrected chi connectivity index (χ2v) is 6.53. The van der Waals surface area contributed by atoms with Crippen LogP contribution < -0.4 is 10.5 Å². The van der Waals surface area contributed by atoms with Gasteiger partial charge in [0.1, 0.15) is 5.01 Å². The maximum absolute atomic E-state index is 11.9. The summed E-state index contributed by atoms with van der Waals surface area (Å²) >= 11 is 1.15. The predicted molar refractivity (Wildman–Crippen MR) is 69.5 cm³/mol. The highest BCUT2D eigenvalue weighted by atomic mass is 32.2. The summed E-state index contributed by atoms with van der Waals surface area (Å²) < 4.78 is 26.3. The van der Waals surface area contributed by atoms with Gasteiger partial charge in [-0.1, -0.05) is 29.0 Å². The quantitative estimate of drug-likeness (QED) is 0.869. The summed E-state index contributed by atoms with van der Waals surface area (Å²) in [6.07, 6.45) is 0. The van der Waals surface area contributed by atoms with E-state index in [1.165, 1.54) is 0 Å². The summed E-state index contributed by atoms with van der Waals surface area (Å²) in [7, 11) is -3.52. The lowest BCUT2D eigenvalue weighted by atomic mass is 10.2. The van der Waals surface area contributed by atoms with Crippen LogP contribution in [0.4, 0.5) is 5.13 Å². The maximum Gasteiger partial charge on any atom is 0.240 e. The van der Waals surface area contributed by atoms with Crippen LogP contribution in [0.2, 0.25) is 0 Å². The third-order valence-corrected chi connectivity index (χ3v) is 4.40. The molecule has 0 amide bonds. The summed E-state index contributed by atoms with van der Waals surface area (Å²) in [4.78, 5) is 0.227. The molecule has 2 aromatic rings. The molecule has 2 rings (SSSR count). The van der Waals surface area contributed by atoms with E-state index in [9.17, 15) is 8.42 Å². The van der Waals surface area contributed by atoms with Gasteiger partial charge in [0.15, 0.2) is 0 Å². The first-order valence-electron chi connectivity index (χ1n) is 5.11. The summed E-state index contributed by atoms with van der Waals surface area (Å²) in [5.74, 6) is 0. The Morgan fingerprint density at radius 3 is 2.50 bits per heavy atom. The number of nitrogen functional groups attached to an aromatic ring is 1. The van der Waals surface area contributed by atoms with Gasteiger partial charge in [-0.2, -0.15) is 0 Å². The van der Waals surface area contributed by atoms with Gasteiger partial charge < -0.3 is 5.73 Å². The number of nitrogens with zero attached hydrogens (tertiary/aromatic N) is 2. The molecule has 1 aromatic carbocycles. The van der Waals surface area contributed by atoms with Gasteiger partial charge in [-0.25, -0.2) is 13.1 Å². The SMILES string of the molecule is Cc1ccc(S(=O)(=O)NCc2nnc(N)s2)cc1. The number of aryl methyl sites for hydroxylation is 1. The Morgan fingerprint density at radius 1 is 1.28 bits per heavy atom. The minimum atomic E-state index is -3.52. The van der Waals surface area contributed by atoms with E-state index in [-0.39, 0.29) is 11.4 Å². The van der Waals surface area contributed by atoms with E-state index in [0.717, 1.165) is 16.9 Å². The Hall–Kier alpha value is -1.51. The van der Waals surface area contributed by atoms with Crippen LogP contribution in [0.5, 0.6) is 0 Å². The van der Waals surface area contributed by atoms with Crippen LogP contribution in [-0.2, 0) is 16.6 Å². The van der Waals surface area contributed by atoms with E-state index >= 15 is 0 Å². The van der Waals surface area contributed by atoms with Crippen LogP contribution in [-0.4, -0.2) is 18.6 Å². The van der Waals surface area contributed by atoms with Crippen molar-refractivity contribution in [2.75, 3.05) is 5.73 Å². The Morgan fingerprint density at radius 2 is 1.94 bits per heavy atom. The number of benzene rings is 1. The second-order valence-electron chi connectivity index (χ2n) is 3.67. The molecule has 0 spiro atoms. The normalized spacial score (nSPS) is 11.6. The third kappa shape index (κ3) is 3.03. The van der Waals surface area contributed by atoms with E-state index in [1.54, 1.807) is 24.3 Å². The van der Waals surface area contributed by atoms with Crippen molar-refractivity contribution in [3.05, 3.63) is 34.8 Å². The van der Waals surface area contributed by atoms with Gasteiger partial charge in [0.2, 0.25) is 15.2 Å². The number of nitrogens with two attached hydrogens (primary N) is 1. The molecule has 6 nitrogen and oxygen atoms in total. The number of rotatable bonds is 4. The number of hydrogen-bond donors (Lipinski definition) is 2. The molecule has 0 fully saturated rings. The summed E-state index contributed by atoms with van der Waals surface area (Å²) in [6.45, 7) is 1.99. The molecule has 0 atom stereocenters. The standard InChI is InChI=1S/C10H12N4O2S2/c1-7-2-4-8(5-3-7)18(15,16)12-6-9-13-14-10(11)17-9/h2-5,12H,6H2,1H3,(H2,11,14). The molecule has 1 heterocycles. The van der Waals surface area contributed by atoms with Crippen molar-refractivity contribution in [3.8, 4) is 0 Å². The number of sulfonamides is 1. The van der Waals surface area contributed by atoms with Gasteiger partial charge in [-0.05, 0) is 19.1 Å². The van der Waals surface area contributed by atoms with Crippen molar-refractivity contribution in [2.45, 2.75) is 18.4 Å². The zero-order valence-corrected chi connectivity index (χ0v) is 11.3. The first-order chi connectivity index (χ1) is 8.47. The zero-order valence-electron chi connectivity index (χ0n) is 9.62. The van der Waals surface area contributed by atoms with Crippen molar-refractivity contribution in [3.63, 3.8) is 0 Å². The molecular formula is C10H12N4O2S2. The van der Waals surface area contributed by atoms with E-state index in [1.807, 2.05) is 6.92 Å². The maximum atomic E-state index is 11.9. The largest absolute Gasteiger partial charge is 0.374 e. The molecule has 0 saturated carbocycles. The zero-order chi connectivity index (χ0) is 13.2. The van der Waals surface area contributed by atoms with E-state index < -0.39 is 10.0 Å². The Kier molecular flexibility index (Phi) is 3.60. The van der Waals surface area contributed by atoms with Crippen molar-refractivity contribution < 1.29 is 8.42 Å². The second kappa shape index (κ2) is 5.01. The van der Waals surface area contributed by atoms with Crippen molar-refractivity contribution in [1.82, 2.24) is 14.9 Å². The van der Waals surface area contributed by atoms with Crippen molar-refractivity contribution in [2.24, 2.45) is 0 Å². The first kappa shape index (κ1) is 12.9. The highest BCUT2D eigenvalue weighted by Gasteiger charge is 2.14.